The van der Waals surface area contributed by atoms with Crippen LogP contribution in [-0.4, -0.2) is 36.5 Å². The van der Waals surface area contributed by atoms with Gasteiger partial charge in [0.1, 0.15) is 0 Å². The van der Waals surface area contributed by atoms with Crippen molar-refractivity contribution in [3.63, 3.8) is 0 Å². The van der Waals surface area contributed by atoms with Gasteiger partial charge in [-0.2, -0.15) is 0 Å². The minimum absolute atomic E-state index is 0. The van der Waals surface area contributed by atoms with Gasteiger partial charge in [0.25, 0.3) is 0 Å². The topological polar surface area (TPSA) is 32.3 Å². The van der Waals surface area contributed by atoms with E-state index in [1.807, 2.05) is 0 Å². The fraction of sp³-hybridized carbons (Fsp3) is 0.917. The van der Waals surface area contributed by atoms with Gasteiger partial charge in [0.15, 0.2) is 0 Å². The third kappa shape index (κ3) is 2.89. The number of halogens is 1. The molecular weight excluding hydrogens is 224 g/mol. The molecule has 0 radical (unpaired) electrons. The van der Waals surface area contributed by atoms with Crippen molar-refractivity contribution in [1.29, 1.82) is 0 Å². The van der Waals surface area contributed by atoms with Gasteiger partial charge in [-0.3, -0.25) is 4.79 Å². The molecule has 1 unspecified atom stereocenters. The molecule has 2 saturated heterocycles. The van der Waals surface area contributed by atoms with Crippen molar-refractivity contribution < 1.29 is 4.79 Å². The predicted octanol–water partition coefficient (Wildman–Crippen LogP) is 1.66. The Balaban J connectivity index is 0.00000128. The number of piperidine rings is 1. The second-order valence-electron chi connectivity index (χ2n) is 5.17. The first-order valence-corrected chi connectivity index (χ1v) is 6.20. The standard InChI is InChI=1S/C12H22N2O.ClH/c1-9-5-7-14(8-9)12(15)11-4-3-6-13-10(11)2;/h9-11,13H,3-8H2,1-2H3;1H/t9?,10-,11-;/m1./s1. The highest BCUT2D eigenvalue weighted by atomic mass is 35.5. The monoisotopic (exact) mass is 246 g/mol. The molecule has 0 aliphatic carbocycles. The highest BCUT2D eigenvalue weighted by Gasteiger charge is 2.33. The number of rotatable bonds is 1. The molecule has 2 rings (SSSR count). The number of amides is 1. The summed E-state index contributed by atoms with van der Waals surface area (Å²) < 4.78 is 0. The summed E-state index contributed by atoms with van der Waals surface area (Å²) in [6.45, 7) is 7.39. The van der Waals surface area contributed by atoms with E-state index in [1.54, 1.807) is 0 Å². The molecule has 2 aliphatic rings. The van der Waals surface area contributed by atoms with E-state index in [0.717, 1.165) is 32.5 Å². The molecule has 1 N–H and O–H groups in total. The van der Waals surface area contributed by atoms with Gasteiger partial charge in [0, 0.05) is 19.1 Å². The highest BCUT2D eigenvalue weighted by molar-refractivity contribution is 5.85. The van der Waals surface area contributed by atoms with Gasteiger partial charge in [-0.25, -0.2) is 0 Å². The molecule has 0 aromatic heterocycles. The van der Waals surface area contributed by atoms with Gasteiger partial charge >= 0.3 is 0 Å². The number of carbonyl (C=O) groups excluding carboxylic acids is 1. The first-order chi connectivity index (χ1) is 7.18. The van der Waals surface area contributed by atoms with E-state index in [1.165, 1.54) is 6.42 Å². The van der Waals surface area contributed by atoms with Crippen molar-refractivity contribution >= 4 is 18.3 Å². The van der Waals surface area contributed by atoms with Gasteiger partial charge in [0.05, 0.1) is 5.92 Å². The van der Waals surface area contributed by atoms with Crippen LogP contribution in [0.15, 0.2) is 0 Å². The molecule has 0 aromatic rings. The molecule has 3 atom stereocenters. The summed E-state index contributed by atoms with van der Waals surface area (Å²) >= 11 is 0. The van der Waals surface area contributed by atoms with Crippen molar-refractivity contribution in [1.82, 2.24) is 10.2 Å². The van der Waals surface area contributed by atoms with Crippen molar-refractivity contribution in [2.75, 3.05) is 19.6 Å². The SMILES string of the molecule is CC1CCN(C(=O)[C@@H]2CCCN[C@@H]2C)C1.Cl. The first-order valence-electron chi connectivity index (χ1n) is 6.20. The predicted molar refractivity (Wildman–Crippen MR) is 67.8 cm³/mol. The number of nitrogens with one attached hydrogen (secondary N) is 1. The number of carbonyl (C=O) groups is 1. The Hall–Kier alpha value is -0.280. The van der Waals surface area contributed by atoms with Gasteiger partial charge in [0.2, 0.25) is 5.91 Å². The molecule has 0 saturated carbocycles. The molecule has 0 aromatic carbocycles. The smallest absolute Gasteiger partial charge is 0.227 e. The maximum absolute atomic E-state index is 12.2. The summed E-state index contributed by atoms with van der Waals surface area (Å²) in [5.41, 5.74) is 0. The van der Waals surface area contributed by atoms with Crippen LogP contribution in [0.4, 0.5) is 0 Å². The number of hydrogen-bond acceptors (Lipinski definition) is 2. The lowest BCUT2D eigenvalue weighted by Crippen LogP contribution is -2.47. The normalized spacial score (nSPS) is 34.6. The van der Waals surface area contributed by atoms with E-state index in [0.29, 0.717) is 17.9 Å². The molecule has 1 amide bonds. The average Bonchev–Trinajstić information content (AvgIpc) is 2.65. The Bertz CT molecular complexity index is 247. The maximum atomic E-state index is 12.2. The lowest BCUT2D eigenvalue weighted by molar-refractivity contribution is -0.136. The minimum Gasteiger partial charge on any atom is -0.342 e. The summed E-state index contributed by atoms with van der Waals surface area (Å²) in [7, 11) is 0. The van der Waals surface area contributed by atoms with Crippen LogP contribution < -0.4 is 5.32 Å². The van der Waals surface area contributed by atoms with Gasteiger partial charge in [-0.05, 0) is 38.6 Å². The van der Waals surface area contributed by atoms with Crippen LogP contribution in [0.5, 0.6) is 0 Å². The Labute approximate surface area is 104 Å². The van der Waals surface area contributed by atoms with Crippen molar-refractivity contribution in [2.24, 2.45) is 11.8 Å². The van der Waals surface area contributed by atoms with Crippen LogP contribution in [0.25, 0.3) is 0 Å². The summed E-state index contributed by atoms with van der Waals surface area (Å²) in [6, 6.07) is 0.363. The number of likely N-dealkylation sites (tertiary alicyclic amines) is 1. The zero-order chi connectivity index (χ0) is 10.8. The lowest BCUT2D eigenvalue weighted by atomic mass is 9.91. The van der Waals surface area contributed by atoms with Gasteiger partial charge in [-0.15, -0.1) is 12.4 Å². The first kappa shape index (κ1) is 13.8. The lowest BCUT2D eigenvalue weighted by Gasteiger charge is -2.32. The molecule has 3 nitrogen and oxygen atoms in total. The molecule has 0 bridgehead atoms. The average molecular weight is 247 g/mol. The van der Waals surface area contributed by atoms with E-state index in [-0.39, 0.29) is 18.3 Å². The van der Waals surface area contributed by atoms with Crippen molar-refractivity contribution in [3.05, 3.63) is 0 Å². The van der Waals surface area contributed by atoms with Gasteiger partial charge < -0.3 is 10.2 Å². The molecule has 4 heteroatoms. The summed E-state index contributed by atoms with van der Waals surface area (Å²) in [5.74, 6) is 1.31. The van der Waals surface area contributed by atoms with E-state index in [9.17, 15) is 4.79 Å². The molecular formula is C12H23ClN2O. The Morgan fingerprint density at radius 3 is 2.62 bits per heavy atom. The molecule has 0 spiro atoms. The fourth-order valence-electron chi connectivity index (χ4n) is 2.75. The maximum Gasteiger partial charge on any atom is 0.227 e. The summed E-state index contributed by atoms with van der Waals surface area (Å²) in [5, 5.41) is 3.40. The van der Waals surface area contributed by atoms with Gasteiger partial charge in [-0.1, -0.05) is 6.92 Å². The summed E-state index contributed by atoms with van der Waals surface area (Å²) in [4.78, 5) is 14.3. The van der Waals surface area contributed by atoms with Crippen molar-refractivity contribution in [2.45, 2.75) is 39.2 Å². The minimum atomic E-state index is 0. The Morgan fingerprint density at radius 2 is 2.06 bits per heavy atom. The third-order valence-electron chi connectivity index (χ3n) is 3.81. The molecule has 2 fully saturated rings. The van der Waals surface area contributed by atoms with Crippen LogP contribution in [0, 0.1) is 11.8 Å². The van der Waals surface area contributed by atoms with Crippen LogP contribution in [0.1, 0.15) is 33.1 Å². The largest absolute Gasteiger partial charge is 0.342 e. The Morgan fingerprint density at radius 1 is 1.31 bits per heavy atom. The zero-order valence-electron chi connectivity index (χ0n) is 10.2. The zero-order valence-corrected chi connectivity index (χ0v) is 11.1. The molecule has 2 aliphatic heterocycles. The van der Waals surface area contributed by atoms with E-state index >= 15 is 0 Å². The third-order valence-corrected chi connectivity index (χ3v) is 3.81. The summed E-state index contributed by atoms with van der Waals surface area (Å²) in [6.07, 6.45) is 3.39. The van der Waals surface area contributed by atoms with Crippen LogP contribution in [0.3, 0.4) is 0 Å². The molecule has 16 heavy (non-hydrogen) atoms. The molecule has 2 heterocycles. The van der Waals surface area contributed by atoms with Crippen molar-refractivity contribution in [3.8, 4) is 0 Å². The Kier molecular flexibility index (Phi) is 5.06. The number of hydrogen-bond donors (Lipinski definition) is 1. The van der Waals surface area contributed by atoms with Crippen LogP contribution in [-0.2, 0) is 4.79 Å². The quantitative estimate of drug-likeness (QED) is 0.763. The second kappa shape index (κ2) is 5.87. The van der Waals surface area contributed by atoms with E-state index in [4.69, 9.17) is 0 Å². The van der Waals surface area contributed by atoms with E-state index in [2.05, 4.69) is 24.1 Å². The van der Waals surface area contributed by atoms with Crippen LogP contribution in [0.2, 0.25) is 0 Å². The second-order valence-corrected chi connectivity index (χ2v) is 5.17. The fourth-order valence-corrected chi connectivity index (χ4v) is 2.75. The number of nitrogens with zero attached hydrogens (tertiary/aromatic N) is 1. The van der Waals surface area contributed by atoms with E-state index < -0.39 is 0 Å². The highest BCUT2D eigenvalue weighted by Crippen LogP contribution is 2.23. The molecule has 94 valence electrons. The van der Waals surface area contributed by atoms with Crippen LogP contribution >= 0.6 is 12.4 Å².